The molecule has 8 heteroatoms. The van der Waals surface area contributed by atoms with Gasteiger partial charge in [0.1, 0.15) is 23.2 Å². The summed E-state index contributed by atoms with van der Waals surface area (Å²) in [6, 6.07) is 3.95. The maximum absolute atomic E-state index is 14.6. The van der Waals surface area contributed by atoms with E-state index in [1.807, 2.05) is 18.2 Å². The Balaban J connectivity index is 1.97. The van der Waals surface area contributed by atoms with Crippen LogP contribution in [0.5, 0.6) is 0 Å². The van der Waals surface area contributed by atoms with E-state index in [1.165, 1.54) is 13.0 Å². The minimum absolute atomic E-state index is 0.162. The molecule has 3 rings (SSSR count). The zero-order chi connectivity index (χ0) is 25.2. The van der Waals surface area contributed by atoms with Crippen molar-refractivity contribution in [3.63, 3.8) is 0 Å². The summed E-state index contributed by atoms with van der Waals surface area (Å²) in [4.78, 5) is 15.2. The first-order valence-electron chi connectivity index (χ1n) is 12.0. The third-order valence-corrected chi connectivity index (χ3v) is 6.16. The van der Waals surface area contributed by atoms with Crippen molar-refractivity contribution in [2.75, 3.05) is 12.4 Å². The van der Waals surface area contributed by atoms with Gasteiger partial charge in [-0.1, -0.05) is 26.3 Å². The molecule has 0 atom stereocenters. The number of hydrogen-bond donors (Lipinski definition) is 2. The zero-order valence-electron chi connectivity index (χ0n) is 20.7. The van der Waals surface area contributed by atoms with E-state index in [1.54, 1.807) is 25.7 Å². The molecule has 35 heavy (non-hydrogen) atoms. The van der Waals surface area contributed by atoms with Crippen LogP contribution in [0, 0.1) is 0 Å². The summed E-state index contributed by atoms with van der Waals surface area (Å²) in [7, 11) is 1.62. The SMILES string of the molecule is C=C/C(F)=C(NC(=NC)N(C1=CC=NC(Nc2ccncc2)=C(CC)C1)C1CCCC1)\C(F)=C/C. The third-order valence-electron chi connectivity index (χ3n) is 6.16. The van der Waals surface area contributed by atoms with Crippen molar-refractivity contribution in [2.45, 2.75) is 58.4 Å². The molecule has 2 heterocycles. The standard InChI is InChI=1S/C27H34F2N6/c1-5-19-18-22(14-17-32-26(19)33-20-12-15-31-16-13-20)35(21-10-8-9-11-21)27(30-4)34-25(23(28)6-2)24(29)7-3/h6-7,12-17,21H,2,5,8-11,18H2,1,3-4H3,(H,30,34)(H,31,33)/b24-7+,25-23-. The number of nitrogens with zero attached hydrogens (tertiary/aromatic N) is 4. The number of anilines is 1. The first-order valence-corrected chi connectivity index (χ1v) is 12.0. The molecule has 1 aromatic heterocycles. The fraction of sp³-hybridized carbons (Fsp3) is 0.370. The Kier molecular flexibility index (Phi) is 9.52. The van der Waals surface area contributed by atoms with Crippen molar-refractivity contribution in [3.8, 4) is 0 Å². The fourth-order valence-corrected chi connectivity index (χ4v) is 4.32. The van der Waals surface area contributed by atoms with Gasteiger partial charge in [-0.3, -0.25) is 9.98 Å². The van der Waals surface area contributed by atoms with E-state index in [4.69, 9.17) is 0 Å². The molecule has 0 aromatic carbocycles. The number of pyridine rings is 1. The van der Waals surface area contributed by atoms with Crippen molar-refractivity contribution in [2.24, 2.45) is 9.98 Å². The van der Waals surface area contributed by atoms with Gasteiger partial charge in [-0.2, -0.15) is 0 Å². The Morgan fingerprint density at radius 1 is 1.26 bits per heavy atom. The summed E-state index contributed by atoms with van der Waals surface area (Å²) in [6.45, 7) is 7.07. The van der Waals surface area contributed by atoms with Gasteiger partial charge in [0.25, 0.3) is 0 Å². The second-order valence-electron chi connectivity index (χ2n) is 8.32. The van der Waals surface area contributed by atoms with Gasteiger partial charge in [0.2, 0.25) is 5.96 Å². The Hall–Kier alpha value is -3.55. The fourth-order valence-electron chi connectivity index (χ4n) is 4.32. The van der Waals surface area contributed by atoms with Crippen LogP contribution in [0.3, 0.4) is 0 Å². The molecule has 0 radical (unpaired) electrons. The normalized spacial score (nSPS) is 18.1. The van der Waals surface area contributed by atoms with Crippen LogP contribution in [0.2, 0.25) is 0 Å². The van der Waals surface area contributed by atoms with Gasteiger partial charge in [0.05, 0.1) is 0 Å². The highest BCUT2D eigenvalue weighted by Crippen LogP contribution is 2.32. The molecule has 0 unspecified atom stereocenters. The van der Waals surface area contributed by atoms with Crippen molar-refractivity contribution < 1.29 is 8.78 Å². The van der Waals surface area contributed by atoms with Crippen molar-refractivity contribution >= 4 is 17.9 Å². The van der Waals surface area contributed by atoms with E-state index in [2.05, 4.69) is 44.0 Å². The van der Waals surface area contributed by atoms with Gasteiger partial charge in [-0.05, 0) is 62.1 Å². The molecule has 6 nitrogen and oxygen atoms in total. The van der Waals surface area contributed by atoms with Crippen LogP contribution in [-0.4, -0.2) is 35.1 Å². The number of rotatable bonds is 8. The number of halogens is 2. The molecule has 1 aliphatic heterocycles. The Bertz CT molecular complexity index is 1080. The maximum Gasteiger partial charge on any atom is 0.202 e. The minimum Gasteiger partial charge on any atom is -0.340 e. The van der Waals surface area contributed by atoms with Crippen LogP contribution in [-0.2, 0) is 0 Å². The van der Waals surface area contributed by atoms with Gasteiger partial charge in [-0.25, -0.2) is 13.8 Å². The van der Waals surface area contributed by atoms with E-state index in [0.29, 0.717) is 12.4 Å². The van der Waals surface area contributed by atoms with Crippen molar-refractivity contribution in [3.05, 3.63) is 83.8 Å². The van der Waals surface area contributed by atoms with Gasteiger partial charge < -0.3 is 15.5 Å². The minimum atomic E-state index is -0.775. The second-order valence-corrected chi connectivity index (χ2v) is 8.32. The lowest BCUT2D eigenvalue weighted by Crippen LogP contribution is -2.46. The smallest absolute Gasteiger partial charge is 0.202 e. The molecule has 0 saturated heterocycles. The van der Waals surface area contributed by atoms with E-state index >= 15 is 0 Å². The first kappa shape index (κ1) is 26.1. The molecule has 1 aliphatic carbocycles. The highest BCUT2D eigenvalue weighted by Gasteiger charge is 2.30. The second kappa shape index (κ2) is 12.8. The average molecular weight is 481 g/mol. The average Bonchev–Trinajstić information content (AvgIpc) is 3.34. The summed E-state index contributed by atoms with van der Waals surface area (Å²) >= 11 is 0. The number of nitrogens with one attached hydrogen (secondary N) is 2. The lowest BCUT2D eigenvalue weighted by atomic mass is 10.0. The molecule has 0 bridgehead atoms. The molecule has 0 amide bonds. The molecule has 0 spiro atoms. The van der Waals surface area contributed by atoms with Crippen LogP contribution < -0.4 is 10.6 Å². The summed E-state index contributed by atoms with van der Waals surface area (Å²) in [6.07, 6.45) is 14.9. The summed E-state index contributed by atoms with van der Waals surface area (Å²) in [5, 5.41) is 6.32. The van der Waals surface area contributed by atoms with Crippen LogP contribution >= 0.6 is 0 Å². The topological polar surface area (TPSA) is 64.9 Å². The van der Waals surface area contributed by atoms with Gasteiger partial charge in [0.15, 0.2) is 0 Å². The summed E-state index contributed by atoms with van der Waals surface area (Å²) in [5.41, 5.74) is 2.72. The number of aliphatic imine (C=N–C) groups is 2. The monoisotopic (exact) mass is 480 g/mol. The zero-order valence-corrected chi connectivity index (χ0v) is 20.7. The quantitative estimate of drug-likeness (QED) is 0.252. The molecule has 1 aromatic rings. The number of hydrogen-bond acceptors (Lipinski definition) is 4. The molecule has 1 fully saturated rings. The Morgan fingerprint density at radius 3 is 2.57 bits per heavy atom. The van der Waals surface area contributed by atoms with Crippen LogP contribution in [0.1, 0.15) is 52.4 Å². The Morgan fingerprint density at radius 2 is 1.97 bits per heavy atom. The van der Waals surface area contributed by atoms with E-state index < -0.39 is 11.7 Å². The molecule has 2 aliphatic rings. The number of aromatic nitrogens is 1. The van der Waals surface area contributed by atoms with Gasteiger partial charge in [-0.15, -0.1) is 0 Å². The van der Waals surface area contributed by atoms with Crippen molar-refractivity contribution in [1.29, 1.82) is 0 Å². The highest BCUT2D eigenvalue weighted by atomic mass is 19.1. The predicted molar refractivity (Wildman–Crippen MR) is 140 cm³/mol. The van der Waals surface area contributed by atoms with E-state index in [0.717, 1.165) is 61.0 Å². The molecule has 1 saturated carbocycles. The maximum atomic E-state index is 14.6. The first-order chi connectivity index (χ1) is 17.0. The van der Waals surface area contributed by atoms with E-state index in [9.17, 15) is 8.78 Å². The largest absolute Gasteiger partial charge is 0.340 e. The van der Waals surface area contributed by atoms with Crippen LogP contribution in [0.15, 0.2) is 93.8 Å². The third kappa shape index (κ3) is 6.53. The van der Waals surface area contributed by atoms with Gasteiger partial charge >= 0.3 is 0 Å². The highest BCUT2D eigenvalue weighted by molar-refractivity contribution is 5.86. The molecular weight excluding hydrogens is 446 g/mol. The molecule has 2 N–H and O–H groups in total. The molecule has 186 valence electrons. The predicted octanol–water partition coefficient (Wildman–Crippen LogP) is 6.53. The van der Waals surface area contributed by atoms with Crippen molar-refractivity contribution in [1.82, 2.24) is 15.2 Å². The number of allylic oxidation sites excluding steroid dienone is 6. The van der Waals surface area contributed by atoms with Crippen LogP contribution in [0.25, 0.3) is 0 Å². The summed E-state index contributed by atoms with van der Waals surface area (Å²) < 4.78 is 29.1. The van der Waals surface area contributed by atoms with Crippen LogP contribution in [0.4, 0.5) is 14.5 Å². The Labute approximate surface area is 206 Å². The van der Waals surface area contributed by atoms with Gasteiger partial charge in [0, 0.05) is 49.5 Å². The lowest BCUT2D eigenvalue weighted by molar-refractivity contribution is 0.362. The van der Waals surface area contributed by atoms with E-state index in [-0.39, 0.29) is 11.7 Å². The number of guanidine groups is 1. The summed E-state index contributed by atoms with van der Waals surface area (Å²) in [5.74, 6) is -0.300. The molecular formula is C27H34F2N6. The lowest BCUT2D eigenvalue weighted by Gasteiger charge is -2.34.